The molecule has 3 aliphatic rings. The first-order valence-electron chi connectivity index (χ1n) is 11.3. The zero-order valence-corrected chi connectivity index (χ0v) is 21.9. The van der Waals surface area contributed by atoms with Crippen molar-refractivity contribution in [3.8, 4) is 0 Å². The molecule has 3 heterocycles. The molecule has 1 unspecified atom stereocenters. The molecule has 1 saturated heterocycles. The Morgan fingerprint density at radius 3 is 2.54 bits per heavy atom. The summed E-state index contributed by atoms with van der Waals surface area (Å²) in [4.78, 5) is 47.2. The number of ketones is 1. The molecule has 3 aliphatic heterocycles. The molecule has 35 heavy (non-hydrogen) atoms. The smallest absolute Gasteiger partial charge is 0.362 e. The summed E-state index contributed by atoms with van der Waals surface area (Å²) in [6.45, 7) is 6.97. The van der Waals surface area contributed by atoms with Crippen molar-refractivity contribution in [3.63, 3.8) is 0 Å². The Morgan fingerprint density at radius 2 is 2.00 bits per heavy atom. The number of aliphatic imine (C=N–C) groups is 2. The predicted octanol–water partition coefficient (Wildman–Crippen LogP) is -0.206. The third-order valence-corrected chi connectivity index (χ3v) is 8.42. The van der Waals surface area contributed by atoms with E-state index in [2.05, 4.69) is 15.3 Å². The molecule has 12 heteroatoms. The second kappa shape index (κ2) is 9.40. The van der Waals surface area contributed by atoms with Gasteiger partial charge in [0.05, 0.1) is 50.2 Å². The van der Waals surface area contributed by atoms with Gasteiger partial charge in [0.25, 0.3) is 0 Å². The van der Waals surface area contributed by atoms with Crippen molar-refractivity contribution in [1.82, 2.24) is 10.2 Å². The molecule has 3 N–H and O–H groups in total. The average Bonchev–Trinajstić information content (AvgIpc) is 3.33. The molecule has 0 aliphatic carbocycles. The highest BCUT2D eigenvalue weighted by Gasteiger charge is 2.63. The van der Waals surface area contributed by atoms with Gasteiger partial charge in [0.15, 0.2) is 11.8 Å². The third kappa shape index (κ3) is 4.87. The van der Waals surface area contributed by atoms with Gasteiger partial charge in [-0.3, -0.25) is 18.8 Å². The number of amidine groups is 1. The summed E-state index contributed by atoms with van der Waals surface area (Å²) in [5.41, 5.74) is -0.102. The van der Waals surface area contributed by atoms with Crippen LogP contribution in [0, 0.1) is 0 Å². The molecule has 0 radical (unpaired) electrons. The molecule has 0 aromatic carbocycles. The van der Waals surface area contributed by atoms with Crippen LogP contribution in [0.15, 0.2) is 33.5 Å². The fourth-order valence-corrected chi connectivity index (χ4v) is 6.44. The van der Waals surface area contributed by atoms with Crippen LogP contribution in [0.4, 0.5) is 0 Å². The fourth-order valence-electron chi connectivity index (χ4n) is 4.81. The van der Waals surface area contributed by atoms with Crippen molar-refractivity contribution in [3.05, 3.63) is 23.5 Å². The number of rotatable bonds is 7. The molecular weight excluding hydrogens is 474 g/mol. The molecule has 6 atom stereocenters. The minimum atomic E-state index is -1.87. The van der Waals surface area contributed by atoms with Crippen LogP contribution >= 0.6 is 0 Å². The van der Waals surface area contributed by atoms with Crippen LogP contribution in [0.3, 0.4) is 0 Å². The fraction of sp³-hybridized carbons (Fsp3) is 0.609. The average molecular weight is 509 g/mol. The van der Waals surface area contributed by atoms with Gasteiger partial charge in [-0.25, -0.2) is 9.79 Å². The largest absolute Gasteiger partial charge is 0.477 e. The molecule has 1 fully saturated rings. The van der Waals surface area contributed by atoms with Crippen LogP contribution < -0.4 is 5.32 Å². The van der Waals surface area contributed by atoms with E-state index in [-0.39, 0.29) is 28.4 Å². The van der Waals surface area contributed by atoms with E-state index in [1.807, 2.05) is 0 Å². The van der Waals surface area contributed by atoms with E-state index >= 15 is 0 Å². The summed E-state index contributed by atoms with van der Waals surface area (Å²) < 4.78 is 13.7. The number of aliphatic hydroxyl groups excluding tert-OH is 1. The van der Waals surface area contributed by atoms with Crippen LogP contribution in [-0.4, -0.2) is 109 Å². The molecule has 0 saturated carbocycles. The number of hydrogen-bond acceptors (Lipinski definition) is 8. The molecule has 192 valence electrons. The molecular formula is C23H34N5O6S+. The van der Waals surface area contributed by atoms with Gasteiger partial charge in [-0.15, -0.1) is 0 Å². The molecule has 3 rings (SSSR count). The minimum absolute atomic E-state index is 0.0257. The van der Waals surface area contributed by atoms with E-state index in [4.69, 9.17) is 0 Å². The highest BCUT2D eigenvalue weighted by Crippen LogP contribution is 2.44. The maximum Gasteiger partial charge on any atom is 0.362 e. The summed E-state index contributed by atoms with van der Waals surface area (Å²) in [7, 11) is 3.45. The van der Waals surface area contributed by atoms with Crippen molar-refractivity contribution in [2.45, 2.75) is 63.1 Å². The van der Waals surface area contributed by atoms with E-state index in [0.717, 1.165) is 5.57 Å². The first-order valence-corrected chi connectivity index (χ1v) is 12.5. The lowest BCUT2D eigenvalue weighted by atomic mass is 9.92. The molecule has 0 aromatic rings. The van der Waals surface area contributed by atoms with Crippen LogP contribution in [0.25, 0.3) is 0 Å². The predicted molar refractivity (Wildman–Crippen MR) is 132 cm³/mol. The lowest BCUT2D eigenvalue weighted by Gasteiger charge is -2.34. The summed E-state index contributed by atoms with van der Waals surface area (Å²) in [6.07, 6.45) is 1.53. The number of carbonyl (C=O) groups is 3. The van der Waals surface area contributed by atoms with Crippen molar-refractivity contribution < 1.29 is 33.3 Å². The molecule has 0 spiro atoms. The normalized spacial score (nSPS) is 29.7. The molecule has 11 nitrogen and oxygen atoms in total. The van der Waals surface area contributed by atoms with Gasteiger partial charge < -0.3 is 24.9 Å². The number of carboxylic acid groups (broad SMARTS) is 1. The standard InChI is InChI=1S/C23H33N5O6S/c1-12(2)8-18(30)26-17-10-16(29)23(4)20(31)19(13(3)27(17)23)35(34)22-24-11-14(25-22)9-15(21(32)33)28(5,6)7/h8,10,13,15,19-20,31H,9,11H2,1-7H3,(H-,26,29,30,32,33)/p+1/t13-,15-,19-,20+,23+,35?/m0/s1. The number of carbonyl (C=O) groups excluding carboxylic acids is 2. The second-order valence-electron chi connectivity index (χ2n) is 10.5. The Bertz CT molecular complexity index is 1100. The number of nitrogens with one attached hydrogen (secondary N) is 1. The highest BCUT2D eigenvalue weighted by atomic mass is 32.2. The van der Waals surface area contributed by atoms with Crippen LogP contribution in [0.1, 0.15) is 34.1 Å². The molecule has 1 amide bonds. The number of likely N-dealkylation sites (N-methyl/N-ethyl adjacent to an activating group) is 1. The Hall–Kier alpha value is -2.70. The zero-order valence-electron chi connectivity index (χ0n) is 21.1. The van der Waals surface area contributed by atoms with E-state index in [9.17, 15) is 28.8 Å². The lowest BCUT2D eigenvalue weighted by molar-refractivity contribution is -0.886. The van der Waals surface area contributed by atoms with Crippen molar-refractivity contribution in [1.29, 1.82) is 0 Å². The quantitative estimate of drug-likeness (QED) is 0.318. The van der Waals surface area contributed by atoms with Gasteiger partial charge >= 0.3 is 5.97 Å². The summed E-state index contributed by atoms with van der Waals surface area (Å²) in [6, 6.07) is -1.33. The van der Waals surface area contributed by atoms with Gasteiger partial charge in [-0.1, -0.05) is 5.57 Å². The van der Waals surface area contributed by atoms with Crippen LogP contribution in [-0.2, 0) is 25.2 Å². The first kappa shape index (κ1) is 26.9. The topological polar surface area (TPSA) is 149 Å². The Labute approximate surface area is 207 Å². The summed E-state index contributed by atoms with van der Waals surface area (Å²) in [5, 5.41) is 22.6. The van der Waals surface area contributed by atoms with Crippen molar-refractivity contribution in [2.24, 2.45) is 9.98 Å². The van der Waals surface area contributed by atoms with Gasteiger partial charge in [0, 0.05) is 23.9 Å². The number of allylic oxidation sites excluding steroid dienone is 1. The number of carboxylic acids is 1. The highest BCUT2D eigenvalue weighted by molar-refractivity contribution is 8.01. The summed E-state index contributed by atoms with van der Waals surface area (Å²) in [5.74, 6) is -1.51. The van der Waals surface area contributed by atoms with Crippen LogP contribution in [0.5, 0.6) is 0 Å². The van der Waals surface area contributed by atoms with Gasteiger partial charge in [0.2, 0.25) is 11.1 Å². The van der Waals surface area contributed by atoms with E-state index in [1.54, 1.807) is 53.7 Å². The zero-order chi connectivity index (χ0) is 26.5. The first-order chi connectivity index (χ1) is 16.1. The SMILES string of the molecule is CC(C)=CC(=O)NC1=CC(=O)[C@]2(C)[C@H](O)[C@@H](S(=O)C3=NCC(C[C@@H](C(=O)O)[N+](C)(C)C)=N3)[C@H](C)N12. The number of amides is 1. The molecule has 0 aromatic heterocycles. The minimum Gasteiger partial charge on any atom is -0.477 e. The van der Waals surface area contributed by atoms with Crippen LogP contribution in [0.2, 0.25) is 0 Å². The Kier molecular flexibility index (Phi) is 7.22. The lowest BCUT2D eigenvalue weighted by Crippen LogP contribution is -2.52. The second-order valence-corrected chi connectivity index (χ2v) is 12.0. The maximum absolute atomic E-state index is 13.5. The third-order valence-electron chi connectivity index (χ3n) is 6.69. The number of aliphatic carboxylic acids is 1. The summed E-state index contributed by atoms with van der Waals surface area (Å²) >= 11 is 0. The number of aliphatic hydroxyl groups is 1. The van der Waals surface area contributed by atoms with Gasteiger partial charge in [-0.2, -0.15) is 0 Å². The molecule has 0 bridgehead atoms. The maximum atomic E-state index is 13.5. The number of quaternary nitrogens is 1. The number of fused-ring (bicyclic) bond motifs is 1. The number of hydrogen-bond donors (Lipinski definition) is 3. The van der Waals surface area contributed by atoms with Crippen molar-refractivity contribution >= 4 is 39.3 Å². The Morgan fingerprint density at radius 1 is 1.37 bits per heavy atom. The van der Waals surface area contributed by atoms with E-state index in [0.29, 0.717) is 5.71 Å². The monoisotopic (exact) mass is 508 g/mol. The van der Waals surface area contributed by atoms with Crippen molar-refractivity contribution in [2.75, 3.05) is 27.7 Å². The van der Waals surface area contributed by atoms with Gasteiger partial charge in [0.1, 0.15) is 17.5 Å². The van der Waals surface area contributed by atoms with E-state index < -0.39 is 57.4 Å². The number of nitrogens with zero attached hydrogens (tertiary/aromatic N) is 4. The van der Waals surface area contributed by atoms with E-state index in [1.165, 1.54) is 12.2 Å². The Balaban J connectivity index is 1.83. The van der Waals surface area contributed by atoms with Gasteiger partial charge in [-0.05, 0) is 27.7 Å².